The molecule has 0 rings (SSSR count). The largest absolute Gasteiger partial charge is 0.352 e. The zero-order valence-electron chi connectivity index (χ0n) is 18.1. The van der Waals surface area contributed by atoms with Crippen LogP contribution in [0.4, 0.5) is 0 Å². The van der Waals surface area contributed by atoms with Crippen LogP contribution in [-0.4, -0.2) is 24.8 Å². The van der Waals surface area contributed by atoms with Crippen molar-refractivity contribution in [2.75, 3.05) is 18.5 Å². The van der Waals surface area contributed by atoms with E-state index in [1.54, 1.807) is 0 Å². The predicted octanol–water partition coefficient (Wildman–Crippen LogP) is 8.35. The number of allylic oxidation sites excluding steroid dienone is 2. The molecule has 0 unspecified atom stereocenters. The van der Waals surface area contributed by atoms with Gasteiger partial charge in [-0.2, -0.15) is 0 Å². The quantitative estimate of drug-likeness (QED) is 0.0765. The molecule has 0 aromatic carbocycles. The lowest BCUT2D eigenvalue weighted by Gasteiger charge is -2.18. The van der Waals surface area contributed by atoms with E-state index in [9.17, 15) is 0 Å². The van der Waals surface area contributed by atoms with E-state index < -0.39 is 0 Å². The fourth-order valence-electron chi connectivity index (χ4n) is 2.80. The third-order valence-corrected chi connectivity index (χ3v) is 5.09. The average Bonchev–Trinajstić information content (AvgIpc) is 2.68. The van der Waals surface area contributed by atoms with Gasteiger partial charge in [0.1, 0.15) is 0 Å². The fraction of sp³-hybridized carbons (Fsp3) is 0.833. The lowest BCUT2D eigenvalue weighted by molar-refractivity contribution is -0.144. The maximum absolute atomic E-state index is 6.02. The first-order valence-corrected chi connectivity index (χ1v) is 12.6. The highest BCUT2D eigenvalue weighted by Crippen LogP contribution is 2.12. The molecule has 0 saturated carbocycles. The van der Waals surface area contributed by atoms with E-state index in [-0.39, 0.29) is 6.29 Å². The monoisotopic (exact) mass is 444 g/mol. The summed E-state index contributed by atoms with van der Waals surface area (Å²) in [6, 6.07) is 0. The van der Waals surface area contributed by atoms with Gasteiger partial charge >= 0.3 is 0 Å². The highest BCUT2D eigenvalue weighted by Gasteiger charge is 2.08. The van der Waals surface area contributed by atoms with E-state index in [0.717, 1.165) is 37.8 Å². The van der Waals surface area contributed by atoms with Gasteiger partial charge in [0.05, 0.1) is 13.2 Å². The fourth-order valence-corrected chi connectivity index (χ4v) is 3.20. The second-order valence-corrected chi connectivity index (χ2v) is 8.01. The number of hydrogen-bond acceptors (Lipinski definition) is 2. The standard InChI is InChI=1S/C24H45BrO2/c1-3-5-7-9-14-18-22-26-24(20-16-12-11-13-17-21-25)27-23-19-15-10-8-6-4-2/h9-10,14-15,24H,3-8,11-13,16-23H2,1-2H3/b14-9-,15-10-. The van der Waals surface area contributed by atoms with Crippen LogP contribution in [0.1, 0.15) is 104 Å². The summed E-state index contributed by atoms with van der Waals surface area (Å²) in [5, 5.41) is 1.12. The summed E-state index contributed by atoms with van der Waals surface area (Å²) in [7, 11) is 0. The van der Waals surface area contributed by atoms with E-state index in [1.165, 1.54) is 70.6 Å². The highest BCUT2D eigenvalue weighted by atomic mass is 79.9. The van der Waals surface area contributed by atoms with E-state index in [4.69, 9.17) is 9.47 Å². The first kappa shape index (κ1) is 26.9. The molecule has 0 fully saturated rings. The molecule has 0 atom stereocenters. The van der Waals surface area contributed by atoms with Crippen LogP contribution in [-0.2, 0) is 9.47 Å². The van der Waals surface area contributed by atoms with E-state index in [1.807, 2.05) is 0 Å². The van der Waals surface area contributed by atoms with E-state index in [2.05, 4.69) is 54.1 Å². The van der Waals surface area contributed by atoms with E-state index in [0.29, 0.717) is 0 Å². The summed E-state index contributed by atoms with van der Waals surface area (Å²) < 4.78 is 12.0. The van der Waals surface area contributed by atoms with Crippen LogP contribution in [0.2, 0.25) is 0 Å². The van der Waals surface area contributed by atoms with Gasteiger partial charge in [-0.25, -0.2) is 0 Å². The number of alkyl halides is 1. The molecule has 160 valence electrons. The Labute approximate surface area is 178 Å². The van der Waals surface area contributed by atoms with Crippen LogP contribution >= 0.6 is 15.9 Å². The van der Waals surface area contributed by atoms with Crippen LogP contribution in [0.25, 0.3) is 0 Å². The van der Waals surface area contributed by atoms with Crippen molar-refractivity contribution in [3.8, 4) is 0 Å². The third kappa shape index (κ3) is 22.0. The van der Waals surface area contributed by atoms with Gasteiger partial charge in [-0.3, -0.25) is 0 Å². The molecule has 0 N–H and O–H groups in total. The first-order chi connectivity index (χ1) is 13.3. The summed E-state index contributed by atoms with van der Waals surface area (Å²) in [6.07, 6.45) is 25.9. The van der Waals surface area contributed by atoms with Crippen molar-refractivity contribution in [3.63, 3.8) is 0 Å². The van der Waals surface area contributed by atoms with Gasteiger partial charge in [0.2, 0.25) is 0 Å². The molecule has 0 aliphatic heterocycles. The SMILES string of the molecule is CCCC/C=C\CCOC(CCCCCCCBr)OCC/C=C\CCCC. The molecule has 27 heavy (non-hydrogen) atoms. The molecule has 2 nitrogen and oxygen atoms in total. The minimum atomic E-state index is -0.0331. The molecule has 0 bridgehead atoms. The summed E-state index contributed by atoms with van der Waals surface area (Å²) in [4.78, 5) is 0. The Hall–Kier alpha value is -0.120. The Morgan fingerprint density at radius 2 is 1.11 bits per heavy atom. The minimum Gasteiger partial charge on any atom is -0.352 e. The number of halogens is 1. The zero-order chi connectivity index (χ0) is 19.8. The van der Waals surface area contributed by atoms with Gasteiger partial charge in [-0.15, -0.1) is 0 Å². The molecule has 0 saturated heterocycles. The molecule has 0 aromatic rings. The summed E-state index contributed by atoms with van der Waals surface area (Å²) in [6.45, 7) is 6.00. The summed E-state index contributed by atoms with van der Waals surface area (Å²) >= 11 is 3.50. The van der Waals surface area contributed by atoms with Crippen molar-refractivity contribution in [1.29, 1.82) is 0 Å². The van der Waals surface area contributed by atoms with Gasteiger partial charge in [-0.1, -0.05) is 99.0 Å². The first-order valence-electron chi connectivity index (χ1n) is 11.4. The van der Waals surface area contributed by atoms with Crippen molar-refractivity contribution in [2.24, 2.45) is 0 Å². The maximum atomic E-state index is 6.02. The van der Waals surface area contributed by atoms with Gasteiger partial charge in [-0.05, 0) is 44.9 Å². The van der Waals surface area contributed by atoms with Crippen LogP contribution < -0.4 is 0 Å². The number of hydrogen-bond donors (Lipinski definition) is 0. The number of ether oxygens (including phenoxy) is 2. The molecule has 0 amide bonds. The Morgan fingerprint density at radius 3 is 1.63 bits per heavy atom. The minimum absolute atomic E-state index is 0.0331. The zero-order valence-corrected chi connectivity index (χ0v) is 19.7. The Balaban J connectivity index is 3.94. The van der Waals surface area contributed by atoms with Crippen molar-refractivity contribution in [1.82, 2.24) is 0 Å². The van der Waals surface area contributed by atoms with Gasteiger partial charge in [0, 0.05) is 5.33 Å². The second-order valence-electron chi connectivity index (χ2n) is 7.22. The van der Waals surface area contributed by atoms with Crippen LogP contribution in [0.5, 0.6) is 0 Å². The average molecular weight is 446 g/mol. The smallest absolute Gasteiger partial charge is 0.157 e. The van der Waals surface area contributed by atoms with Crippen LogP contribution in [0, 0.1) is 0 Å². The summed E-state index contributed by atoms with van der Waals surface area (Å²) in [5.41, 5.74) is 0. The number of unbranched alkanes of at least 4 members (excludes halogenated alkanes) is 8. The molecule has 0 radical (unpaired) electrons. The molecular weight excluding hydrogens is 400 g/mol. The van der Waals surface area contributed by atoms with Crippen LogP contribution in [0.15, 0.2) is 24.3 Å². The maximum Gasteiger partial charge on any atom is 0.157 e. The molecule has 0 heterocycles. The Kier molecular flexibility index (Phi) is 23.8. The Bertz CT molecular complexity index is 304. The normalized spacial score (nSPS) is 12.1. The molecule has 0 aliphatic rings. The third-order valence-electron chi connectivity index (χ3n) is 4.53. The van der Waals surface area contributed by atoms with Crippen molar-refractivity contribution < 1.29 is 9.47 Å². The molecule has 0 aromatic heterocycles. The topological polar surface area (TPSA) is 18.5 Å². The van der Waals surface area contributed by atoms with Crippen molar-refractivity contribution in [2.45, 2.75) is 110 Å². The van der Waals surface area contributed by atoms with Gasteiger partial charge < -0.3 is 9.47 Å². The van der Waals surface area contributed by atoms with Crippen molar-refractivity contribution in [3.05, 3.63) is 24.3 Å². The molecule has 0 aliphatic carbocycles. The summed E-state index contributed by atoms with van der Waals surface area (Å²) in [5.74, 6) is 0. The number of rotatable bonds is 21. The molecule has 3 heteroatoms. The van der Waals surface area contributed by atoms with Gasteiger partial charge in [0.15, 0.2) is 6.29 Å². The molecular formula is C24H45BrO2. The molecule has 0 spiro atoms. The van der Waals surface area contributed by atoms with E-state index >= 15 is 0 Å². The van der Waals surface area contributed by atoms with Crippen LogP contribution in [0.3, 0.4) is 0 Å². The van der Waals surface area contributed by atoms with Gasteiger partial charge in [0.25, 0.3) is 0 Å². The highest BCUT2D eigenvalue weighted by molar-refractivity contribution is 9.09. The Morgan fingerprint density at radius 1 is 0.630 bits per heavy atom. The predicted molar refractivity (Wildman–Crippen MR) is 124 cm³/mol. The lowest BCUT2D eigenvalue weighted by Crippen LogP contribution is -2.18. The lowest BCUT2D eigenvalue weighted by atomic mass is 10.1. The van der Waals surface area contributed by atoms with Crippen molar-refractivity contribution >= 4 is 15.9 Å². The second kappa shape index (κ2) is 23.9.